The summed E-state index contributed by atoms with van der Waals surface area (Å²) in [5.74, 6) is -0.454. The van der Waals surface area contributed by atoms with E-state index in [-0.39, 0.29) is 5.69 Å². The van der Waals surface area contributed by atoms with Crippen LogP contribution in [-0.4, -0.2) is 19.5 Å². The monoisotopic (exact) mass is 234 g/mol. The first-order valence-corrected chi connectivity index (χ1v) is 5.45. The molecular weight excluding hydrogens is 223 g/mol. The molecule has 2 aromatic rings. The number of aromatic amines is 1. The predicted molar refractivity (Wildman–Crippen MR) is 59.0 cm³/mol. The van der Waals surface area contributed by atoms with Crippen LogP contribution in [0.25, 0.3) is 11.5 Å². The van der Waals surface area contributed by atoms with Crippen molar-refractivity contribution in [2.75, 3.05) is 0 Å². The zero-order valence-corrected chi connectivity index (χ0v) is 9.27. The minimum Gasteiger partial charge on any atom is -0.325 e. The van der Waals surface area contributed by atoms with Crippen LogP contribution >= 0.6 is 0 Å². The highest BCUT2D eigenvalue weighted by molar-refractivity contribution is 5.49. The zero-order valence-electron chi connectivity index (χ0n) is 9.27. The van der Waals surface area contributed by atoms with Gasteiger partial charge in [0.15, 0.2) is 5.82 Å². The van der Waals surface area contributed by atoms with Gasteiger partial charge < -0.3 is 9.55 Å². The van der Waals surface area contributed by atoms with Crippen LogP contribution in [0, 0.1) is 12.7 Å². The Hall–Kier alpha value is -1.98. The van der Waals surface area contributed by atoms with Gasteiger partial charge >= 0.3 is 0 Å². The van der Waals surface area contributed by atoms with Crippen LogP contribution in [0.4, 0.5) is 4.39 Å². The van der Waals surface area contributed by atoms with E-state index in [0.29, 0.717) is 11.9 Å². The van der Waals surface area contributed by atoms with Gasteiger partial charge in [0.05, 0.1) is 18.2 Å². The van der Waals surface area contributed by atoms with Crippen LogP contribution < -0.4 is 5.56 Å². The van der Waals surface area contributed by atoms with Gasteiger partial charge in [-0.25, -0.2) is 9.97 Å². The lowest BCUT2D eigenvalue weighted by molar-refractivity contribution is 0.588. The maximum atomic E-state index is 13.2. The van der Waals surface area contributed by atoms with Gasteiger partial charge in [-0.1, -0.05) is 0 Å². The van der Waals surface area contributed by atoms with Gasteiger partial charge in [-0.2, -0.15) is 4.39 Å². The molecule has 1 aliphatic carbocycles. The van der Waals surface area contributed by atoms with Crippen molar-refractivity contribution in [2.45, 2.75) is 25.8 Å². The minimum atomic E-state index is -0.828. The molecule has 6 heteroatoms. The fourth-order valence-corrected chi connectivity index (χ4v) is 1.82. The molecule has 17 heavy (non-hydrogen) atoms. The van der Waals surface area contributed by atoms with Crippen LogP contribution in [-0.2, 0) is 0 Å². The van der Waals surface area contributed by atoms with E-state index in [1.54, 1.807) is 12.5 Å². The highest BCUT2D eigenvalue weighted by atomic mass is 19.1. The molecule has 88 valence electrons. The van der Waals surface area contributed by atoms with Gasteiger partial charge in [0, 0.05) is 6.04 Å². The van der Waals surface area contributed by atoms with Crippen molar-refractivity contribution >= 4 is 0 Å². The van der Waals surface area contributed by atoms with Crippen LogP contribution in [0.5, 0.6) is 0 Å². The van der Waals surface area contributed by atoms with E-state index < -0.39 is 11.4 Å². The molecule has 3 rings (SSSR count). The molecule has 1 aliphatic rings. The lowest BCUT2D eigenvalue weighted by atomic mass is 10.3. The van der Waals surface area contributed by atoms with Crippen LogP contribution in [0.3, 0.4) is 0 Å². The van der Waals surface area contributed by atoms with Gasteiger partial charge in [0.2, 0.25) is 5.82 Å². The van der Waals surface area contributed by atoms with Gasteiger partial charge in [-0.05, 0) is 19.8 Å². The number of rotatable bonds is 2. The Morgan fingerprint density at radius 1 is 1.53 bits per heavy atom. The number of nitrogens with zero attached hydrogens (tertiary/aromatic N) is 3. The maximum Gasteiger partial charge on any atom is 0.287 e. The molecular formula is C11H11FN4O. The van der Waals surface area contributed by atoms with Gasteiger partial charge in [0.25, 0.3) is 5.56 Å². The van der Waals surface area contributed by atoms with E-state index in [9.17, 15) is 9.18 Å². The molecule has 0 atom stereocenters. The third kappa shape index (κ3) is 1.65. The standard InChI is InChI=1S/C11H11FN4O/c1-6-9(12)11(17)15-10(14-6)8-4-13-5-16(8)7-2-3-7/h4-5,7H,2-3H2,1H3,(H,14,15,17). The van der Waals surface area contributed by atoms with Gasteiger partial charge in [-0.15, -0.1) is 0 Å². The van der Waals surface area contributed by atoms with Crippen LogP contribution in [0.1, 0.15) is 24.6 Å². The van der Waals surface area contributed by atoms with Crippen LogP contribution in [0.2, 0.25) is 0 Å². The van der Waals surface area contributed by atoms with E-state index >= 15 is 0 Å². The second-order valence-corrected chi connectivity index (χ2v) is 4.23. The van der Waals surface area contributed by atoms with Crippen molar-refractivity contribution in [2.24, 2.45) is 0 Å². The molecule has 0 unspecified atom stereocenters. The average Bonchev–Trinajstić information content (AvgIpc) is 3.03. The summed E-state index contributed by atoms with van der Waals surface area (Å²) in [5, 5.41) is 0. The van der Waals surface area contributed by atoms with E-state index in [4.69, 9.17) is 0 Å². The summed E-state index contributed by atoms with van der Waals surface area (Å²) in [7, 11) is 0. The number of H-pyrrole nitrogens is 1. The molecule has 0 aliphatic heterocycles. The predicted octanol–water partition coefficient (Wildman–Crippen LogP) is 1.42. The van der Waals surface area contributed by atoms with Crippen molar-refractivity contribution in [3.8, 4) is 11.5 Å². The molecule has 0 radical (unpaired) electrons. The van der Waals surface area contributed by atoms with E-state index in [1.165, 1.54) is 6.92 Å². The number of nitrogens with one attached hydrogen (secondary N) is 1. The number of aromatic nitrogens is 4. The zero-order chi connectivity index (χ0) is 12.0. The Labute approximate surface area is 96.3 Å². The summed E-state index contributed by atoms with van der Waals surface area (Å²) in [5.41, 5.74) is 0.0936. The Balaban J connectivity index is 2.15. The SMILES string of the molecule is Cc1nc(-c2cncn2C2CC2)[nH]c(=O)c1F. The number of halogens is 1. The summed E-state index contributed by atoms with van der Waals surface area (Å²) in [4.78, 5) is 21.9. The smallest absolute Gasteiger partial charge is 0.287 e. The molecule has 1 saturated carbocycles. The van der Waals surface area contributed by atoms with Gasteiger partial charge in [-0.3, -0.25) is 4.79 Å². The largest absolute Gasteiger partial charge is 0.325 e. The van der Waals surface area contributed by atoms with E-state index in [1.807, 2.05) is 4.57 Å². The Bertz CT molecular complexity index is 627. The summed E-state index contributed by atoms with van der Waals surface area (Å²) >= 11 is 0. The molecule has 1 fully saturated rings. The second kappa shape index (κ2) is 3.51. The molecule has 1 N–H and O–H groups in total. The summed E-state index contributed by atoms with van der Waals surface area (Å²) in [6, 6.07) is 0.433. The first-order valence-electron chi connectivity index (χ1n) is 5.45. The summed E-state index contributed by atoms with van der Waals surface area (Å²) < 4.78 is 15.2. The molecule has 0 bridgehead atoms. The molecule has 2 aromatic heterocycles. The summed E-state index contributed by atoms with van der Waals surface area (Å²) in [6.45, 7) is 1.48. The van der Waals surface area contributed by atoms with Gasteiger partial charge in [0.1, 0.15) is 5.69 Å². The third-order valence-electron chi connectivity index (χ3n) is 2.88. The topological polar surface area (TPSA) is 63.6 Å². The minimum absolute atomic E-state index is 0.104. The fraction of sp³-hybridized carbons (Fsp3) is 0.364. The molecule has 0 amide bonds. The Morgan fingerprint density at radius 3 is 2.94 bits per heavy atom. The molecule has 0 aromatic carbocycles. The normalized spacial score (nSPS) is 15.2. The number of aryl methyl sites for hydroxylation is 1. The molecule has 5 nitrogen and oxygen atoms in total. The molecule has 0 saturated heterocycles. The van der Waals surface area contributed by atoms with E-state index in [2.05, 4.69) is 15.0 Å². The molecule has 0 spiro atoms. The first kappa shape index (κ1) is 10.2. The van der Waals surface area contributed by atoms with Crippen molar-refractivity contribution < 1.29 is 4.39 Å². The number of imidazole rings is 1. The van der Waals surface area contributed by atoms with Crippen molar-refractivity contribution in [1.29, 1.82) is 0 Å². The molecule has 2 heterocycles. The second-order valence-electron chi connectivity index (χ2n) is 4.23. The lowest BCUT2D eigenvalue weighted by Gasteiger charge is -2.06. The Morgan fingerprint density at radius 2 is 2.29 bits per heavy atom. The fourth-order valence-electron chi connectivity index (χ4n) is 1.82. The quantitative estimate of drug-likeness (QED) is 0.854. The van der Waals surface area contributed by atoms with Crippen molar-refractivity contribution in [3.63, 3.8) is 0 Å². The van der Waals surface area contributed by atoms with Crippen molar-refractivity contribution in [1.82, 2.24) is 19.5 Å². The highest BCUT2D eigenvalue weighted by Gasteiger charge is 2.26. The number of hydrogen-bond donors (Lipinski definition) is 1. The first-order chi connectivity index (χ1) is 8.16. The maximum absolute atomic E-state index is 13.2. The highest BCUT2D eigenvalue weighted by Crippen LogP contribution is 2.37. The number of hydrogen-bond acceptors (Lipinski definition) is 3. The average molecular weight is 234 g/mol. The van der Waals surface area contributed by atoms with Crippen LogP contribution in [0.15, 0.2) is 17.3 Å². The summed E-state index contributed by atoms with van der Waals surface area (Å²) in [6.07, 6.45) is 5.56. The van der Waals surface area contributed by atoms with Crippen molar-refractivity contribution in [3.05, 3.63) is 34.4 Å². The Kier molecular flexibility index (Phi) is 2.10. The third-order valence-corrected chi connectivity index (χ3v) is 2.88. The lowest BCUT2D eigenvalue weighted by Crippen LogP contribution is -2.16. The van der Waals surface area contributed by atoms with E-state index in [0.717, 1.165) is 18.5 Å².